The van der Waals surface area contributed by atoms with E-state index in [-0.39, 0.29) is 37.4 Å². The van der Waals surface area contributed by atoms with Gasteiger partial charge in [0.25, 0.3) is 17.7 Å². The average molecular weight is 359 g/mol. The summed E-state index contributed by atoms with van der Waals surface area (Å²) in [6.45, 7) is 0.533. The van der Waals surface area contributed by atoms with Crippen molar-refractivity contribution in [2.45, 2.75) is 6.54 Å². The summed E-state index contributed by atoms with van der Waals surface area (Å²) in [5.41, 5.74) is 0.893. The number of nitrogens with two attached hydrogens (primary N) is 1. The van der Waals surface area contributed by atoms with E-state index >= 15 is 0 Å². The fourth-order valence-corrected chi connectivity index (χ4v) is 2.33. The van der Waals surface area contributed by atoms with Gasteiger partial charge in [0.2, 0.25) is 0 Å². The summed E-state index contributed by atoms with van der Waals surface area (Å²) in [7, 11) is 3.15. The van der Waals surface area contributed by atoms with Gasteiger partial charge in [0.15, 0.2) is 13.1 Å². The molecule has 0 aliphatic carbocycles. The normalized spacial score (nSPS) is 10.2. The third-order valence-electron chi connectivity index (χ3n) is 3.81. The Hall–Kier alpha value is -3.13. The van der Waals surface area contributed by atoms with Crippen LogP contribution < -0.4 is 20.9 Å². The number of amides is 3. The molecule has 26 heavy (non-hydrogen) atoms. The quantitative estimate of drug-likeness (QED) is 0.589. The lowest BCUT2D eigenvalue weighted by molar-refractivity contribution is -0.632. The number of nitrogens with zero attached hydrogens (tertiary/aromatic N) is 1. The van der Waals surface area contributed by atoms with E-state index in [1.54, 1.807) is 55.8 Å². The van der Waals surface area contributed by atoms with Crippen LogP contribution in [0.4, 0.5) is 5.69 Å². The summed E-state index contributed by atoms with van der Waals surface area (Å²) in [6.07, 6.45) is 1.54. The molecule has 0 aliphatic rings. The highest BCUT2D eigenvalue weighted by Gasteiger charge is 2.19. The Balaban J connectivity index is 2.00. The second-order valence-electron chi connectivity index (χ2n) is 5.60. The molecule has 138 valence electrons. The predicted octanol–water partition coefficient (Wildman–Crippen LogP) is -0.518. The second-order valence-corrected chi connectivity index (χ2v) is 5.60. The number of hydrogen-bond donors (Lipinski definition) is 3. The topological polar surface area (TPSA) is 108 Å². The number of quaternary nitrogens is 1. The van der Waals surface area contributed by atoms with Crippen LogP contribution in [-0.4, -0.2) is 44.9 Å². The Morgan fingerprint density at radius 1 is 1.12 bits per heavy atom. The number of rotatable bonds is 8. The van der Waals surface area contributed by atoms with Crippen LogP contribution in [0.25, 0.3) is 0 Å². The van der Waals surface area contributed by atoms with Crippen molar-refractivity contribution in [1.29, 1.82) is 0 Å². The van der Waals surface area contributed by atoms with Crippen LogP contribution in [0.2, 0.25) is 0 Å². The van der Waals surface area contributed by atoms with Crippen molar-refractivity contribution < 1.29 is 24.1 Å². The van der Waals surface area contributed by atoms with E-state index in [0.717, 1.165) is 0 Å². The largest absolute Gasteiger partial charge is 0.467 e. The molecule has 0 saturated heterocycles. The Bertz CT molecular complexity index is 758. The van der Waals surface area contributed by atoms with Gasteiger partial charge < -0.3 is 25.3 Å². The molecule has 0 radical (unpaired) electrons. The number of carbonyl (C=O) groups excluding carboxylic acids is 3. The molecular formula is C18H23N4O4+. The lowest BCUT2D eigenvalue weighted by Gasteiger charge is -2.19. The van der Waals surface area contributed by atoms with E-state index in [2.05, 4.69) is 10.6 Å². The van der Waals surface area contributed by atoms with Gasteiger partial charge in [0.05, 0.1) is 24.1 Å². The average Bonchev–Trinajstić information content (AvgIpc) is 3.18. The molecule has 0 aliphatic heterocycles. The molecule has 3 amide bonds. The molecule has 0 atom stereocenters. The maximum absolute atomic E-state index is 12.5. The zero-order chi connectivity index (χ0) is 18.9. The molecule has 0 saturated carbocycles. The van der Waals surface area contributed by atoms with Gasteiger partial charge in [0, 0.05) is 14.1 Å². The predicted molar refractivity (Wildman–Crippen MR) is 95.5 cm³/mol. The zero-order valence-corrected chi connectivity index (χ0v) is 14.8. The second kappa shape index (κ2) is 9.38. The van der Waals surface area contributed by atoms with Crippen LogP contribution in [0.1, 0.15) is 16.1 Å². The SMILES string of the molecule is CNC(=O)C[NH2+]CC(=O)N(C)c1ccccc1C(=O)NCc1ccco1. The van der Waals surface area contributed by atoms with Gasteiger partial charge in [-0.3, -0.25) is 14.4 Å². The molecule has 4 N–H and O–H groups in total. The Morgan fingerprint density at radius 3 is 2.58 bits per heavy atom. The number of likely N-dealkylation sites (N-methyl/N-ethyl adjacent to an activating group) is 2. The molecule has 2 rings (SSSR count). The standard InChI is InChI=1S/C18H22N4O4/c1-19-16(23)11-20-12-17(24)22(2)15-8-4-3-7-14(15)18(25)21-10-13-6-5-9-26-13/h3-9,20H,10-12H2,1-2H3,(H,19,23)(H,21,25)/p+1. The lowest BCUT2D eigenvalue weighted by Crippen LogP contribution is -2.88. The Morgan fingerprint density at radius 2 is 1.88 bits per heavy atom. The van der Waals surface area contributed by atoms with Crippen LogP contribution in [0.3, 0.4) is 0 Å². The molecule has 1 heterocycles. The minimum absolute atomic E-state index is 0.103. The van der Waals surface area contributed by atoms with Crippen molar-refractivity contribution in [1.82, 2.24) is 10.6 Å². The fourth-order valence-electron chi connectivity index (χ4n) is 2.33. The molecule has 0 unspecified atom stereocenters. The molecule has 0 bridgehead atoms. The number of para-hydroxylation sites is 1. The number of anilines is 1. The summed E-state index contributed by atoms with van der Waals surface area (Å²) in [6, 6.07) is 10.4. The highest BCUT2D eigenvalue weighted by molar-refractivity contribution is 6.04. The molecular weight excluding hydrogens is 336 g/mol. The molecule has 1 aromatic heterocycles. The Labute approximate surface area is 151 Å². The number of furan rings is 1. The number of hydrogen-bond acceptors (Lipinski definition) is 4. The lowest BCUT2D eigenvalue weighted by atomic mass is 10.1. The Kier molecular flexibility index (Phi) is 6.92. The number of carbonyl (C=O) groups is 3. The first kappa shape index (κ1) is 19.2. The first-order valence-electron chi connectivity index (χ1n) is 8.21. The highest BCUT2D eigenvalue weighted by Crippen LogP contribution is 2.19. The first-order chi connectivity index (χ1) is 12.5. The summed E-state index contributed by atoms with van der Waals surface area (Å²) in [4.78, 5) is 37.5. The van der Waals surface area contributed by atoms with Crippen LogP contribution in [0.5, 0.6) is 0 Å². The summed E-state index contributed by atoms with van der Waals surface area (Å²) >= 11 is 0. The van der Waals surface area contributed by atoms with Crippen LogP contribution >= 0.6 is 0 Å². The highest BCUT2D eigenvalue weighted by atomic mass is 16.3. The van der Waals surface area contributed by atoms with Gasteiger partial charge in [0.1, 0.15) is 5.76 Å². The summed E-state index contributed by atoms with van der Waals surface area (Å²) in [5, 5.41) is 6.87. The molecule has 0 fully saturated rings. The van der Waals surface area contributed by atoms with Gasteiger partial charge in [-0.25, -0.2) is 0 Å². The van der Waals surface area contributed by atoms with Crippen molar-refractivity contribution in [2.24, 2.45) is 0 Å². The van der Waals surface area contributed by atoms with E-state index in [9.17, 15) is 14.4 Å². The first-order valence-corrected chi connectivity index (χ1v) is 8.21. The van der Waals surface area contributed by atoms with Gasteiger partial charge >= 0.3 is 0 Å². The maximum Gasteiger partial charge on any atom is 0.281 e. The zero-order valence-electron chi connectivity index (χ0n) is 14.8. The van der Waals surface area contributed by atoms with Crippen molar-refractivity contribution in [3.8, 4) is 0 Å². The molecule has 8 heteroatoms. The van der Waals surface area contributed by atoms with Crippen molar-refractivity contribution in [3.63, 3.8) is 0 Å². The monoisotopic (exact) mass is 359 g/mol. The minimum Gasteiger partial charge on any atom is -0.467 e. The van der Waals surface area contributed by atoms with E-state index in [0.29, 0.717) is 17.0 Å². The van der Waals surface area contributed by atoms with Crippen LogP contribution in [-0.2, 0) is 16.1 Å². The fraction of sp³-hybridized carbons (Fsp3) is 0.278. The van der Waals surface area contributed by atoms with E-state index in [1.807, 2.05) is 0 Å². The molecule has 1 aromatic carbocycles. The smallest absolute Gasteiger partial charge is 0.281 e. The van der Waals surface area contributed by atoms with Crippen LogP contribution in [0.15, 0.2) is 47.1 Å². The van der Waals surface area contributed by atoms with Gasteiger partial charge in [-0.15, -0.1) is 0 Å². The van der Waals surface area contributed by atoms with Gasteiger partial charge in [-0.1, -0.05) is 12.1 Å². The third-order valence-corrected chi connectivity index (χ3v) is 3.81. The van der Waals surface area contributed by atoms with E-state index in [4.69, 9.17) is 4.42 Å². The number of benzene rings is 1. The van der Waals surface area contributed by atoms with Crippen molar-refractivity contribution in [3.05, 3.63) is 54.0 Å². The third kappa shape index (κ3) is 5.18. The van der Waals surface area contributed by atoms with Crippen molar-refractivity contribution >= 4 is 23.4 Å². The minimum atomic E-state index is -0.300. The van der Waals surface area contributed by atoms with E-state index in [1.165, 1.54) is 11.2 Å². The summed E-state index contributed by atoms with van der Waals surface area (Å²) in [5.74, 6) is -0.0200. The molecule has 0 spiro atoms. The van der Waals surface area contributed by atoms with E-state index < -0.39 is 0 Å². The number of nitrogens with one attached hydrogen (secondary N) is 2. The van der Waals surface area contributed by atoms with Gasteiger partial charge in [-0.05, 0) is 24.3 Å². The molecule has 8 nitrogen and oxygen atoms in total. The van der Waals surface area contributed by atoms with Crippen molar-refractivity contribution in [2.75, 3.05) is 32.1 Å². The molecule has 2 aromatic rings. The van der Waals surface area contributed by atoms with Gasteiger partial charge in [-0.2, -0.15) is 0 Å². The van der Waals surface area contributed by atoms with Crippen LogP contribution in [0, 0.1) is 0 Å². The summed E-state index contributed by atoms with van der Waals surface area (Å²) < 4.78 is 5.19. The maximum atomic E-state index is 12.5.